The number of nitrogens with zero attached hydrogens (tertiary/aromatic N) is 3. The van der Waals surface area contributed by atoms with Crippen LogP contribution in [0.3, 0.4) is 0 Å². The predicted octanol–water partition coefficient (Wildman–Crippen LogP) is 5.00. The molecule has 2 aromatic heterocycles. The van der Waals surface area contributed by atoms with Crippen LogP contribution in [-0.4, -0.2) is 14.8 Å². The molecule has 1 aromatic carbocycles. The van der Waals surface area contributed by atoms with E-state index in [4.69, 9.17) is 23.2 Å². The Morgan fingerprint density at radius 3 is 2.50 bits per heavy atom. The molecule has 0 bridgehead atoms. The molecule has 0 aliphatic heterocycles. The van der Waals surface area contributed by atoms with E-state index in [0.717, 1.165) is 21.7 Å². The Morgan fingerprint density at radius 1 is 0.950 bits per heavy atom. The number of hydrogen-bond donors (Lipinski definition) is 0. The van der Waals surface area contributed by atoms with Crippen LogP contribution in [0, 0.1) is 0 Å². The Kier molecular flexibility index (Phi) is 3.78. The van der Waals surface area contributed by atoms with Gasteiger partial charge in [-0.25, -0.2) is 4.68 Å². The van der Waals surface area contributed by atoms with Gasteiger partial charge in [0.15, 0.2) is 0 Å². The summed E-state index contributed by atoms with van der Waals surface area (Å²) in [5.41, 5.74) is 2.42. The number of rotatable bonds is 2. The molecule has 0 aliphatic rings. The molecule has 0 N–H and O–H groups in total. The number of hydrogen-bond acceptors (Lipinski definition) is 2. The van der Waals surface area contributed by atoms with Crippen LogP contribution in [-0.2, 0) is 0 Å². The van der Waals surface area contributed by atoms with Gasteiger partial charge in [0.05, 0.1) is 21.4 Å². The summed E-state index contributed by atoms with van der Waals surface area (Å²) in [5, 5.41) is 5.54. The average molecular weight is 369 g/mol. The second kappa shape index (κ2) is 5.56. The van der Waals surface area contributed by atoms with Crippen molar-refractivity contribution in [2.75, 3.05) is 0 Å². The number of pyridine rings is 1. The summed E-state index contributed by atoms with van der Waals surface area (Å²) in [6.45, 7) is 0. The van der Waals surface area contributed by atoms with Gasteiger partial charge in [-0.2, -0.15) is 5.10 Å². The first-order valence-corrected chi connectivity index (χ1v) is 7.32. The maximum Gasteiger partial charge on any atom is 0.112 e. The van der Waals surface area contributed by atoms with Gasteiger partial charge >= 0.3 is 0 Å². The first-order valence-electron chi connectivity index (χ1n) is 5.77. The van der Waals surface area contributed by atoms with Crippen LogP contribution in [0.2, 0.25) is 10.0 Å². The molecule has 0 unspecified atom stereocenters. The van der Waals surface area contributed by atoms with E-state index < -0.39 is 0 Å². The molecule has 0 saturated heterocycles. The fourth-order valence-corrected chi connectivity index (χ4v) is 2.59. The topological polar surface area (TPSA) is 30.7 Å². The second-order valence-electron chi connectivity index (χ2n) is 4.08. The van der Waals surface area contributed by atoms with Crippen molar-refractivity contribution in [3.8, 4) is 17.1 Å². The van der Waals surface area contributed by atoms with Gasteiger partial charge in [0, 0.05) is 12.3 Å². The number of aromatic nitrogens is 3. The molecule has 0 atom stereocenters. The van der Waals surface area contributed by atoms with Crippen molar-refractivity contribution in [1.29, 1.82) is 0 Å². The van der Waals surface area contributed by atoms with Crippen LogP contribution in [0.1, 0.15) is 0 Å². The van der Waals surface area contributed by atoms with Crippen LogP contribution < -0.4 is 0 Å². The molecule has 0 fully saturated rings. The molecule has 0 saturated carbocycles. The van der Waals surface area contributed by atoms with Gasteiger partial charge in [0.2, 0.25) is 0 Å². The maximum atomic E-state index is 6.04. The van der Waals surface area contributed by atoms with E-state index in [1.54, 1.807) is 23.0 Å². The number of benzene rings is 1. The fourth-order valence-electron chi connectivity index (χ4n) is 1.80. The zero-order chi connectivity index (χ0) is 14.1. The van der Waals surface area contributed by atoms with Crippen LogP contribution in [0.5, 0.6) is 0 Å². The minimum atomic E-state index is 0.492. The highest BCUT2D eigenvalue weighted by atomic mass is 79.9. The van der Waals surface area contributed by atoms with E-state index in [9.17, 15) is 0 Å². The van der Waals surface area contributed by atoms with Crippen molar-refractivity contribution in [3.05, 3.63) is 63.3 Å². The Balaban J connectivity index is 2.07. The SMILES string of the molecule is Clc1ccc(-n2nc(-c3ccccn3)cc2Br)cc1Cl. The summed E-state index contributed by atoms with van der Waals surface area (Å²) in [6, 6.07) is 13.0. The lowest BCUT2D eigenvalue weighted by Crippen LogP contribution is -1.97. The van der Waals surface area contributed by atoms with E-state index in [1.807, 2.05) is 30.3 Å². The van der Waals surface area contributed by atoms with Gasteiger partial charge in [-0.05, 0) is 46.3 Å². The molecule has 2 heterocycles. The highest BCUT2D eigenvalue weighted by molar-refractivity contribution is 9.10. The molecule has 0 radical (unpaired) electrons. The molecule has 3 aromatic rings. The molecular weight excluding hydrogens is 361 g/mol. The van der Waals surface area contributed by atoms with Gasteiger partial charge in [-0.1, -0.05) is 29.3 Å². The third-order valence-corrected chi connectivity index (χ3v) is 4.04. The van der Waals surface area contributed by atoms with Crippen molar-refractivity contribution in [2.24, 2.45) is 0 Å². The zero-order valence-corrected chi connectivity index (χ0v) is 13.2. The molecule has 0 aliphatic carbocycles. The quantitative estimate of drug-likeness (QED) is 0.636. The van der Waals surface area contributed by atoms with Crippen LogP contribution in [0.15, 0.2) is 53.3 Å². The highest BCUT2D eigenvalue weighted by Crippen LogP contribution is 2.28. The third-order valence-electron chi connectivity index (χ3n) is 2.74. The minimum absolute atomic E-state index is 0.492. The Labute approximate surface area is 134 Å². The summed E-state index contributed by atoms with van der Waals surface area (Å²) in [5.74, 6) is 0. The summed E-state index contributed by atoms with van der Waals surface area (Å²) in [4.78, 5) is 4.28. The van der Waals surface area contributed by atoms with E-state index >= 15 is 0 Å². The minimum Gasteiger partial charge on any atom is -0.255 e. The molecule has 3 nitrogen and oxygen atoms in total. The van der Waals surface area contributed by atoms with E-state index in [-0.39, 0.29) is 0 Å². The lowest BCUT2D eigenvalue weighted by molar-refractivity contribution is 0.863. The van der Waals surface area contributed by atoms with E-state index in [0.29, 0.717) is 10.0 Å². The Hall–Kier alpha value is -1.36. The Morgan fingerprint density at radius 2 is 1.80 bits per heavy atom. The number of halogens is 3. The molecule has 3 rings (SSSR count). The molecule has 100 valence electrons. The van der Waals surface area contributed by atoms with Crippen molar-refractivity contribution < 1.29 is 0 Å². The molecule has 0 amide bonds. The summed E-state index contributed by atoms with van der Waals surface area (Å²) in [6.07, 6.45) is 1.74. The monoisotopic (exact) mass is 367 g/mol. The lowest BCUT2D eigenvalue weighted by Gasteiger charge is -2.04. The molecule has 20 heavy (non-hydrogen) atoms. The second-order valence-corrected chi connectivity index (χ2v) is 5.70. The standard InChI is InChI=1S/C14H8BrCl2N3/c15-14-8-13(12-3-1-2-6-18-12)19-20(14)9-4-5-10(16)11(17)7-9/h1-8H. The van der Waals surface area contributed by atoms with Crippen molar-refractivity contribution in [3.63, 3.8) is 0 Å². The van der Waals surface area contributed by atoms with Crippen LogP contribution >= 0.6 is 39.1 Å². The first-order chi connectivity index (χ1) is 9.65. The van der Waals surface area contributed by atoms with Gasteiger partial charge < -0.3 is 0 Å². The van der Waals surface area contributed by atoms with Gasteiger partial charge in [0.1, 0.15) is 10.3 Å². The van der Waals surface area contributed by atoms with E-state index in [1.165, 1.54) is 0 Å². The van der Waals surface area contributed by atoms with Gasteiger partial charge in [0.25, 0.3) is 0 Å². The van der Waals surface area contributed by atoms with Crippen molar-refractivity contribution >= 4 is 39.1 Å². The van der Waals surface area contributed by atoms with E-state index in [2.05, 4.69) is 26.0 Å². The molecule has 6 heteroatoms. The normalized spacial score (nSPS) is 10.8. The van der Waals surface area contributed by atoms with Crippen molar-refractivity contribution in [2.45, 2.75) is 0 Å². The summed E-state index contributed by atoms with van der Waals surface area (Å²) < 4.78 is 2.56. The fraction of sp³-hybridized carbons (Fsp3) is 0. The highest BCUT2D eigenvalue weighted by Gasteiger charge is 2.11. The maximum absolute atomic E-state index is 6.04. The summed E-state index contributed by atoms with van der Waals surface area (Å²) in [7, 11) is 0. The zero-order valence-electron chi connectivity index (χ0n) is 10.1. The largest absolute Gasteiger partial charge is 0.255 e. The van der Waals surface area contributed by atoms with Gasteiger partial charge in [-0.3, -0.25) is 4.98 Å². The molecular formula is C14H8BrCl2N3. The van der Waals surface area contributed by atoms with Crippen LogP contribution in [0.25, 0.3) is 17.1 Å². The predicted molar refractivity (Wildman–Crippen MR) is 84.5 cm³/mol. The average Bonchev–Trinajstić information content (AvgIpc) is 2.85. The Bertz CT molecular complexity index is 756. The lowest BCUT2D eigenvalue weighted by atomic mass is 10.3. The van der Waals surface area contributed by atoms with Crippen LogP contribution in [0.4, 0.5) is 0 Å². The molecule has 0 spiro atoms. The van der Waals surface area contributed by atoms with Gasteiger partial charge in [-0.15, -0.1) is 0 Å². The van der Waals surface area contributed by atoms with Crippen molar-refractivity contribution in [1.82, 2.24) is 14.8 Å². The smallest absolute Gasteiger partial charge is 0.112 e. The third kappa shape index (κ3) is 2.59. The first kappa shape index (κ1) is 13.6. The summed E-state index contributed by atoms with van der Waals surface area (Å²) >= 11 is 15.5.